The van der Waals surface area contributed by atoms with Gasteiger partial charge in [-0.2, -0.15) is 0 Å². The van der Waals surface area contributed by atoms with E-state index in [1.165, 1.54) is 0 Å². The molecule has 0 atom stereocenters. The fraction of sp³-hybridized carbons (Fsp3) is 0.235. The molecule has 0 aliphatic rings. The van der Waals surface area contributed by atoms with Crippen molar-refractivity contribution in [3.63, 3.8) is 0 Å². The van der Waals surface area contributed by atoms with Crippen molar-refractivity contribution in [3.8, 4) is 5.75 Å². The summed E-state index contributed by atoms with van der Waals surface area (Å²) >= 11 is 6.03. The molecule has 0 unspecified atom stereocenters. The van der Waals surface area contributed by atoms with Crippen molar-refractivity contribution >= 4 is 23.2 Å². The first kappa shape index (κ1) is 15.4. The number of nitrogens with one attached hydrogen (secondary N) is 1. The second kappa shape index (κ2) is 6.64. The van der Waals surface area contributed by atoms with Crippen LogP contribution < -0.4 is 10.1 Å². The molecule has 0 fully saturated rings. The van der Waals surface area contributed by atoms with Crippen molar-refractivity contribution in [2.75, 3.05) is 11.9 Å². The Balaban J connectivity index is 1.96. The molecule has 0 spiro atoms. The number of halogens is 1. The molecule has 0 saturated heterocycles. The van der Waals surface area contributed by atoms with Crippen LogP contribution in [-0.2, 0) is 4.79 Å². The van der Waals surface area contributed by atoms with Crippen LogP contribution in [0, 0.1) is 20.8 Å². The topological polar surface area (TPSA) is 38.3 Å². The van der Waals surface area contributed by atoms with Crippen LogP contribution in [0.5, 0.6) is 5.75 Å². The number of hydrogen-bond acceptors (Lipinski definition) is 2. The van der Waals surface area contributed by atoms with Crippen molar-refractivity contribution in [2.24, 2.45) is 0 Å². The van der Waals surface area contributed by atoms with E-state index in [1.54, 1.807) is 6.07 Å². The number of aryl methyl sites for hydroxylation is 2. The SMILES string of the molecule is Cc1ccc(NC(=O)COc2cccc(C)c2C)cc1Cl. The lowest BCUT2D eigenvalue weighted by atomic mass is 10.1. The number of amides is 1. The molecule has 3 nitrogen and oxygen atoms in total. The van der Waals surface area contributed by atoms with Crippen LogP contribution in [0.3, 0.4) is 0 Å². The van der Waals surface area contributed by atoms with Gasteiger partial charge in [0.15, 0.2) is 6.61 Å². The molecule has 4 heteroatoms. The monoisotopic (exact) mass is 303 g/mol. The van der Waals surface area contributed by atoms with Crippen LogP contribution in [0.25, 0.3) is 0 Å². The summed E-state index contributed by atoms with van der Waals surface area (Å²) in [5.41, 5.74) is 3.82. The van der Waals surface area contributed by atoms with E-state index >= 15 is 0 Å². The first-order valence-corrected chi connectivity index (χ1v) is 7.10. The minimum atomic E-state index is -0.212. The first-order valence-electron chi connectivity index (χ1n) is 6.72. The van der Waals surface area contributed by atoms with Gasteiger partial charge in [0.2, 0.25) is 0 Å². The van der Waals surface area contributed by atoms with Crippen molar-refractivity contribution in [1.29, 1.82) is 0 Å². The highest BCUT2D eigenvalue weighted by Gasteiger charge is 2.07. The average Bonchev–Trinajstić information content (AvgIpc) is 2.44. The second-order valence-corrected chi connectivity index (χ2v) is 5.41. The van der Waals surface area contributed by atoms with Crippen LogP contribution in [-0.4, -0.2) is 12.5 Å². The van der Waals surface area contributed by atoms with Gasteiger partial charge in [-0.25, -0.2) is 0 Å². The summed E-state index contributed by atoms with van der Waals surface area (Å²) in [5, 5.41) is 3.39. The van der Waals surface area contributed by atoms with Crippen LogP contribution >= 0.6 is 11.6 Å². The number of hydrogen-bond donors (Lipinski definition) is 1. The van der Waals surface area contributed by atoms with E-state index in [2.05, 4.69) is 5.32 Å². The van der Waals surface area contributed by atoms with E-state index in [9.17, 15) is 4.79 Å². The van der Waals surface area contributed by atoms with Crippen molar-refractivity contribution < 1.29 is 9.53 Å². The predicted octanol–water partition coefficient (Wildman–Crippen LogP) is 4.28. The molecule has 2 aromatic rings. The largest absolute Gasteiger partial charge is 0.483 e. The highest BCUT2D eigenvalue weighted by molar-refractivity contribution is 6.31. The Labute approximate surface area is 129 Å². The third-order valence-electron chi connectivity index (χ3n) is 3.37. The van der Waals surface area contributed by atoms with Gasteiger partial charge in [0, 0.05) is 10.7 Å². The Hall–Kier alpha value is -2.00. The van der Waals surface area contributed by atoms with Gasteiger partial charge in [-0.3, -0.25) is 4.79 Å². The zero-order valence-electron chi connectivity index (χ0n) is 12.4. The first-order chi connectivity index (χ1) is 9.97. The van der Waals surface area contributed by atoms with Crippen LogP contribution in [0.15, 0.2) is 36.4 Å². The number of ether oxygens (including phenoxy) is 1. The molecule has 0 aliphatic carbocycles. The quantitative estimate of drug-likeness (QED) is 0.915. The lowest BCUT2D eigenvalue weighted by molar-refractivity contribution is -0.118. The number of carbonyl (C=O) groups excluding carboxylic acids is 1. The van der Waals surface area contributed by atoms with Gasteiger partial charge in [-0.15, -0.1) is 0 Å². The standard InChI is InChI=1S/C17H18ClNO2/c1-11-5-4-6-16(13(11)3)21-10-17(20)19-14-8-7-12(2)15(18)9-14/h4-9H,10H2,1-3H3,(H,19,20). The molecule has 2 rings (SSSR count). The van der Waals surface area contributed by atoms with Gasteiger partial charge < -0.3 is 10.1 Å². The summed E-state index contributed by atoms with van der Waals surface area (Å²) in [6, 6.07) is 11.2. The van der Waals surface area contributed by atoms with Gasteiger partial charge in [0.25, 0.3) is 5.91 Å². The van der Waals surface area contributed by atoms with Crippen molar-refractivity contribution in [2.45, 2.75) is 20.8 Å². The molecule has 1 N–H and O–H groups in total. The Kier molecular flexibility index (Phi) is 4.86. The summed E-state index contributed by atoms with van der Waals surface area (Å²) in [5.74, 6) is 0.517. The van der Waals surface area contributed by atoms with Gasteiger partial charge in [0.05, 0.1) is 0 Å². The number of carbonyl (C=O) groups is 1. The molecule has 0 bridgehead atoms. The van der Waals surface area contributed by atoms with Crippen LogP contribution in [0.1, 0.15) is 16.7 Å². The van der Waals surface area contributed by atoms with Gasteiger partial charge >= 0.3 is 0 Å². The fourth-order valence-electron chi connectivity index (χ4n) is 1.89. The van der Waals surface area contributed by atoms with E-state index in [0.717, 1.165) is 22.4 Å². The molecular weight excluding hydrogens is 286 g/mol. The summed E-state index contributed by atoms with van der Waals surface area (Å²) in [6.07, 6.45) is 0. The Morgan fingerprint density at radius 3 is 2.62 bits per heavy atom. The molecule has 0 saturated carbocycles. The molecule has 0 heterocycles. The normalized spacial score (nSPS) is 10.3. The number of rotatable bonds is 4. The maximum absolute atomic E-state index is 11.9. The lowest BCUT2D eigenvalue weighted by Crippen LogP contribution is -2.20. The lowest BCUT2D eigenvalue weighted by Gasteiger charge is -2.11. The number of benzene rings is 2. The Morgan fingerprint density at radius 2 is 1.90 bits per heavy atom. The Morgan fingerprint density at radius 1 is 1.14 bits per heavy atom. The summed E-state index contributed by atoms with van der Waals surface area (Å²) < 4.78 is 5.56. The van der Waals surface area contributed by atoms with E-state index in [1.807, 2.05) is 51.1 Å². The highest BCUT2D eigenvalue weighted by Crippen LogP contribution is 2.21. The molecule has 0 aromatic heterocycles. The maximum atomic E-state index is 11.9. The molecule has 0 radical (unpaired) electrons. The maximum Gasteiger partial charge on any atom is 0.262 e. The van der Waals surface area contributed by atoms with E-state index in [-0.39, 0.29) is 12.5 Å². The predicted molar refractivity (Wildman–Crippen MR) is 86.2 cm³/mol. The zero-order valence-corrected chi connectivity index (χ0v) is 13.1. The molecule has 110 valence electrons. The second-order valence-electron chi connectivity index (χ2n) is 5.00. The Bertz CT molecular complexity index is 668. The van der Waals surface area contributed by atoms with Crippen molar-refractivity contribution in [1.82, 2.24) is 0 Å². The van der Waals surface area contributed by atoms with Crippen molar-refractivity contribution in [3.05, 3.63) is 58.1 Å². The van der Waals surface area contributed by atoms with Gasteiger partial charge in [0.1, 0.15) is 5.75 Å². The van der Waals surface area contributed by atoms with Gasteiger partial charge in [-0.05, 0) is 55.7 Å². The van der Waals surface area contributed by atoms with E-state index in [0.29, 0.717) is 10.7 Å². The molecule has 1 amide bonds. The average molecular weight is 304 g/mol. The summed E-state index contributed by atoms with van der Waals surface area (Å²) in [4.78, 5) is 11.9. The van der Waals surface area contributed by atoms with Crippen LogP contribution in [0.4, 0.5) is 5.69 Å². The zero-order chi connectivity index (χ0) is 15.4. The van der Waals surface area contributed by atoms with Crippen LogP contribution in [0.2, 0.25) is 5.02 Å². The molecule has 0 aliphatic heterocycles. The van der Waals surface area contributed by atoms with Gasteiger partial charge in [-0.1, -0.05) is 29.8 Å². The molecular formula is C17H18ClNO2. The highest BCUT2D eigenvalue weighted by atomic mass is 35.5. The smallest absolute Gasteiger partial charge is 0.262 e. The number of anilines is 1. The fourth-order valence-corrected chi connectivity index (χ4v) is 2.07. The van der Waals surface area contributed by atoms with E-state index in [4.69, 9.17) is 16.3 Å². The summed E-state index contributed by atoms with van der Waals surface area (Å²) in [7, 11) is 0. The third-order valence-corrected chi connectivity index (χ3v) is 3.78. The minimum Gasteiger partial charge on any atom is -0.483 e. The molecule has 21 heavy (non-hydrogen) atoms. The molecule has 2 aromatic carbocycles. The minimum absolute atomic E-state index is 0.0320. The summed E-state index contributed by atoms with van der Waals surface area (Å²) in [6.45, 7) is 5.87. The van der Waals surface area contributed by atoms with E-state index < -0.39 is 0 Å². The third kappa shape index (κ3) is 3.99.